The van der Waals surface area contributed by atoms with Crippen LogP contribution in [0.3, 0.4) is 0 Å². The topological polar surface area (TPSA) is 49.4 Å². The number of nitrogens with zero attached hydrogens (tertiary/aromatic N) is 1. The van der Waals surface area contributed by atoms with E-state index < -0.39 is 0 Å². The van der Waals surface area contributed by atoms with Crippen LogP contribution >= 0.6 is 0 Å². The highest BCUT2D eigenvalue weighted by atomic mass is 16.2. The summed E-state index contributed by atoms with van der Waals surface area (Å²) in [5.41, 5.74) is 3.93. The summed E-state index contributed by atoms with van der Waals surface area (Å²) in [5, 5.41) is 2.71. The molecule has 0 saturated heterocycles. The Labute approximate surface area is 142 Å². The van der Waals surface area contributed by atoms with Gasteiger partial charge in [0.2, 0.25) is 5.91 Å². The van der Waals surface area contributed by atoms with Crippen LogP contribution in [0.25, 0.3) is 0 Å². The number of nitrogens with one attached hydrogen (secondary N) is 1. The molecule has 0 aliphatic heterocycles. The van der Waals surface area contributed by atoms with Crippen LogP contribution in [0.15, 0.2) is 48.5 Å². The fourth-order valence-corrected chi connectivity index (χ4v) is 3.38. The molecule has 0 heterocycles. The zero-order valence-electron chi connectivity index (χ0n) is 14.1. The van der Waals surface area contributed by atoms with Crippen molar-refractivity contribution in [1.82, 2.24) is 4.90 Å². The predicted molar refractivity (Wildman–Crippen MR) is 95.0 cm³/mol. The highest BCUT2D eigenvalue weighted by Gasteiger charge is 2.26. The van der Waals surface area contributed by atoms with Gasteiger partial charge in [-0.3, -0.25) is 9.59 Å². The molecule has 4 nitrogen and oxygen atoms in total. The van der Waals surface area contributed by atoms with Crippen LogP contribution < -0.4 is 5.32 Å². The molecule has 1 N–H and O–H groups in total. The molecule has 4 heteroatoms. The number of hydrogen-bond donors (Lipinski definition) is 1. The Bertz CT molecular complexity index is 752. The highest BCUT2D eigenvalue weighted by Crippen LogP contribution is 2.34. The number of carbonyl (C=O) groups excluding carboxylic acids is 2. The van der Waals surface area contributed by atoms with E-state index in [2.05, 4.69) is 23.5 Å². The number of carbonyl (C=O) groups is 2. The fourth-order valence-electron chi connectivity index (χ4n) is 3.38. The van der Waals surface area contributed by atoms with Crippen LogP contribution in [0.2, 0.25) is 0 Å². The number of anilines is 1. The molecule has 1 atom stereocenters. The molecule has 0 bridgehead atoms. The molecule has 0 radical (unpaired) electrons. The molecule has 24 heavy (non-hydrogen) atoms. The first-order chi connectivity index (χ1) is 11.6. The second-order valence-electron chi connectivity index (χ2n) is 6.28. The SMILES string of the molecule is CC(=O)Nc1ccc(C(=O)N(C)[C@@H]2CCCc3ccccc32)cc1. The first-order valence-corrected chi connectivity index (χ1v) is 8.29. The lowest BCUT2D eigenvalue weighted by molar-refractivity contribution is -0.114. The van der Waals surface area contributed by atoms with E-state index in [9.17, 15) is 9.59 Å². The van der Waals surface area contributed by atoms with Gasteiger partial charge in [0, 0.05) is 25.2 Å². The Hall–Kier alpha value is -2.62. The van der Waals surface area contributed by atoms with Crippen LogP contribution in [-0.2, 0) is 11.2 Å². The number of benzene rings is 2. The van der Waals surface area contributed by atoms with Crippen LogP contribution in [0, 0.1) is 0 Å². The molecule has 0 unspecified atom stereocenters. The van der Waals surface area contributed by atoms with Crippen LogP contribution in [-0.4, -0.2) is 23.8 Å². The maximum atomic E-state index is 12.8. The van der Waals surface area contributed by atoms with Crippen LogP contribution in [0.1, 0.15) is 47.3 Å². The average molecular weight is 322 g/mol. The van der Waals surface area contributed by atoms with Crippen molar-refractivity contribution in [2.24, 2.45) is 0 Å². The van der Waals surface area contributed by atoms with Crippen molar-refractivity contribution in [3.63, 3.8) is 0 Å². The van der Waals surface area contributed by atoms with Gasteiger partial charge in [0.25, 0.3) is 5.91 Å². The summed E-state index contributed by atoms with van der Waals surface area (Å²) < 4.78 is 0. The van der Waals surface area contributed by atoms with Crippen molar-refractivity contribution < 1.29 is 9.59 Å². The molecular formula is C20H22N2O2. The molecule has 2 aromatic carbocycles. The molecular weight excluding hydrogens is 300 g/mol. The minimum atomic E-state index is -0.120. The predicted octanol–water partition coefficient (Wildman–Crippen LogP) is 3.79. The summed E-state index contributed by atoms with van der Waals surface area (Å²) in [6.45, 7) is 1.47. The molecule has 3 rings (SSSR count). The Balaban J connectivity index is 1.79. The van der Waals surface area contributed by atoms with E-state index >= 15 is 0 Å². The molecule has 2 amide bonds. The fraction of sp³-hybridized carbons (Fsp3) is 0.300. The lowest BCUT2D eigenvalue weighted by atomic mass is 9.87. The quantitative estimate of drug-likeness (QED) is 0.934. The Morgan fingerprint density at radius 2 is 1.79 bits per heavy atom. The number of fused-ring (bicyclic) bond motifs is 1. The smallest absolute Gasteiger partial charge is 0.254 e. The lowest BCUT2D eigenvalue weighted by Gasteiger charge is -2.33. The van der Waals surface area contributed by atoms with Gasteiger partial charge in [-0.15, -0.1) is 0 Å². The summed E-state index contributed by atoms with van der Waals surface area (Å²) in [7, 11) is 1.87. The van der Waals surface area contributed by atoms with Gasteiger partial charge in [-0.25, -0.2) is 0 Å². The van der Waals surface area contributed by atoms with E-state index in [1.807, 2.05) is 18.0 Å². The average Bonchev–Trinajstić information content (AvgIpc) is 2.60. The molecule has 124 valence electrons. The van der Waals surface area contributed by atoms with Crippen molar-refractivity contribution in [1.29, 1.82) is 0 Å². The van der Waals surface area contributed by atoms with Crippen LogP contribution in [0.4, 0.5) is 5.69 Å². The minimum absolute atomic E-state index is 0.00563. The third kappa shape index (κ3) is 3.32. The van der Waals surface area contributed by atoms with Crippen molar-refractivity contribution in [3.8, 4) is 0 Å². The maximum absolute atomic E-state index is 12.8. The summed E-state index contributed by atoms with van der Waals surface area (Å²) in [4.78, 5) is 25.7. The number of hydrogen-bond acceptors (Lipinski definition) is 2. The Morgan fingerprint density at radius 1 is 1.08 bits per heavy atom. The van der Waals surface area contributed by atoms with Gasteiger partial charge < -0.3 is 10.2 Å². The van der Waals surface area contributed by atoms with Crippen LogP contribution in [0.5, 0.6) is 0 Å². The largest absolute Gasteiger partial charge is 0.335 e. The van der Waals surface area contributed by atoms with Gasteiger partial charge in [0.15, 0.2) is 0 Å². The molecule has 0 saturated carbocycles. The zero-order valence-corrected chi connectivity index (χ0v) is 14.1. The van der Waals surface area contributed by atoms with E-state index in [-0.39, 0.29) is 17.9 Å². The van der Waals surface area contributed by atoms with E-state index in [4.69, 9.17) is 0 Å². The number of rotatable bonds is 3. The molecule has 0 fully saturated rings. The maximum Gasteiger partial charge on any atom is 0.254 e. The third-order valence-electron chi connectivity index (χ3n) is 4.58. The highest BCUT2D eigenvalue weighted by molar-refractivity contribution is 5.95. The van der Waals surface area contributed by atoms with Crippen molar-refractivity contribution in [3.05, 3.63) is 65.2 Å². The van der Waals surface area contributed by atoms with Gasteiger partial charge >= 0.3 is 0 Å². The van der Waals surface area contributed by atoms with Gasteiger partial charge in [-0.1, -0.05) is 24.3 Å². The summed E-state index contributed by atoms with van der Waals surface area (Å²) >= 11 is 0. The molecule has 0 spiro atoms. The Morgan fingerprint density at radius 3 is 2.50 bits per heavy atom. The van der Waals surface area contributed by atoms with Crippen molar-refractivity contribution in [2.75, 3.05) is 12.4 Å². The first-order valence-electron chi connectivity index (χ1n) is 8.29. The minimum Gasteiger partial charge on any atom is -0.335 e. The van der Waals surface area contributed by atoms with Gasteiger partial charge in [-0.05, 0) is 54.7 Å². The molecule has 1 aliphatic rings. The van der Waals surface area contributed by atoms with Crippen molar-refractivity contribution >= 4 is 17.5 Å². The molecule has 1 aliphatic carbocycles. The second-order valence-corrected chi connectivity index (χ2v) is 6.28. The standard InChI is InChI=1S/C20H22N2O2/c1-14(23)21-17-12-10-16(11-13-17)20(24)22(2)19-9-5-7-15-6-3-4-8-18(15)19/h3-4,6,8,10-13,19H,5,7,9H2,1-2H3,(H,21,23)/t19-/m1/s1. The van der Waals surface area contributed by atoms with Gasteiger partial charge in [0.05, 0.1) is 6.04 Å². The normalized spacial score (nSPS) is 16.2. The number of aryl methyl sites for hydroxylation is 1. The summed E-state index contributed by atoms with van der Waals surface area (Å²) in [6.07, 6.45) is 3.17. The number of amides is 2. The van der Waals surface area contributed by atoms with E-state index in [0.717, 1.165) is 19.3 Å². The van der Waals surface area contributed by atoms with E-state index in [0.29, 0.717) is 11.3 Å². The van der Waals surface area contributed by atoms with E-state index in [1.54, 1.807) is 24.3 Å². The summed E-state index contributed by atoms with van der Waals surface area (Å²) in [6, 6.07) is 15.6. The second kappa shape index (κ2) is 6.87. The molecule has 2 aromatic rings. The first kappa shape index (κ1) is 16.2. The Kier molecular flexibility index (Phi) is 4.65. The monoisotopic (exact) mass is 322 g/mol. The third-order valence-corrected chi connectivity index (χ3v) is 4.58. The van der Waals surface area contributed by atoms with Gasteiger partial charge in [-0.2, -0.15) is 0 Å². The zero-order chi connectivity index (χ0) is 17.1. The van der Waals surface area contributed by atoms with Crippen molar-refractivity contribution in [2.45, 2.75) is 32.2 Å². The van der Waals surface area contributed by atoms with E-state index in [1.165, 1.54) is 18.1 Å². The summed E-state index contributed by atoms with van der Waals surface area (Å²) in [5.74, 6) is -0.115. The van der Waals surface area contributed by atoms with Gasteiger partial charge in [0.1, 0.15) is 0 Å². The molecule has 0 aromatic heterocycles. The lowest BCUT2D eigenvalue weighted by Crippen LogP contribution is -2.33.